The number of anilines is 2. The number of amides is 3. The van der Waals surface area contributed by atoms with E-state index in [9.17, 15) is 14.4 Å². The zero-order chi connectivity index (χ0) is 18.6. The number of pyridine rings is 1. The third-order valence-electron chi connectivity index (χ3n) is 4.24. The minimum Gasteiger partial charge on any atom is -0.350 e. The van der Waals surface area contributed by atoms with E-state index in [1.807, 2.05) is 12.1 Å². The lowest BCUT2D eigenvalue weighted by Gasteiger charge is -2.15. The summed E-state index contributed by atoms with van der Waals surface area (Å²) in [5.74, 6) is -0.762. The summed E-state index contributed by atoms with van der Waals surface area (Å²) in [6, 6.07) is 12.2. The Morgan fingerprint density at radius 1 is 0.962 bits per heavy atom. The van der Waals surface area contributed by atoms with E-state index in [2.05, 4.69) is 20.9 Å². The fourth-order valence-electron chi connectivity index (χ4n) is 2.62. The maximum atomic E-state index is 12.6. The average Bonchev–Trinajstić information content (AvgIpc) is 3.44. The molecule has 7 nitrogen and oxygen atoms in total. The molecule has 3 amide bonds. The van der Waals surface area contributed by atoms with Gasteiger partial charge in [-0.3, -0.25) is 19.4 Å². The molecule has 134 valence electrons. The standard InChI is InChI=1S/C19H20N4O3/c1-13(24)22-14-5-7-15(8-6-14)23-18(26)19(9-10-19)17(25)21-12-16-4-2-3-11-20-16/h2-8,11H,9-10,12H2,1H3,(H,21,25)(H,22,24)(H,23,26). The highest BCUT2D eigenvalue weighted by molar-refractivity contribution is 6.13. The zero-order valence-corrected chi connectivity index (χ0v) is 14.4. The fourth-order valence-corrected chi connectivity index (χ4v) is 2.62. The summed E-state index contributed by atoms with van der Waals surface area (Å²) in [5.41, 5.74) is 0.953. The Kier molecular flexibility index (Phi) is 4.97. The van der Waals surface area contributed by atoms with Crippen LogP contribution in [-0.2, 0) is 20.9 Å². The number of rotatable bonds is 6. The van der Waals surface area contributed by atoms with Crippen molar-refractivity contribution in [3.8, 4) is 0 Å². The molecule has 0 spiro atoms. The molecular weight excluding hydrogens is 332 g/mol. The first-order valence-corrected chi connectivity index (χ1v) is 8.37. The normalized spacial score (nSPS) is 14.2. The molecule has 1 aromatic heterocycles. The number of hydrogen-bond donors (Lipinski definition) is 3. The molecule has 0 aliphatic heterocycles. The van der Waals surface area contributed by atoms with Gasteiger partial charge in [-0.2, -0.15) is 0 Å². The van der Waals surface area contributed by atoms with Crippen molar-refractivity contribution in [2.75, 3.05) is 10.6 Å². The number of hydrogen-bond acceptors (Lipinski definition) is 4. The van der Waals surface area contributed by atoms with Gasteiger partial charge in [-0.15, -0.1) is 0 Å². The van der Waals surface area contributed by atoms with Crippen molar-refractivity contribution in [1.82, 2.24) is 10.3 Å². The number of carbonyl (C=O) groups is 3. The van der Waals surface area contributed by atoms with E-state index in [-0.39, 0.29) is 17.7 Å². The molecule has 1 aliphatic rings. The van der Waals surface area contributed by atoms with Crippen LogP contribution in [0.15, 0.2) is 48.7 Å². The molecule has 0 saturated heterocycles. The summed E-state index contributed by atoms with van der Waals surface area (Å²) in [7, 11) is 0. The Bertz CT molecular complexity index is 814. The van der Waals surface area contributed by atoms with Crippen molar-refractivity contribution in [1.29, 1.82) is 0 Å². The Morgan fingerprint density at radius 2 is 1.62 bits per heavy atom. The maximum absolute atomic E-state index is 12.6. The van der Waals surface area contributed by atoms with Crippen molar-refractivity contribution in [3.05, 3.63) is 54.4 Å². The molecule has 1 fully saturated rings. The third kappa shape index (κ3) is 4.05. The number of aromatic nitrogens is 1. The minimum atomic E-state index is -1.01. The lowest BCUT2D eigenvalue weighted by molar-refractivity contribution is -0.134. The Balaban J connectivity index is 1.58. The van der Waals surface area contributed by atoms with Gasteiger partial charge in [0, 0.05) is 24.5 Å². The van der Waals surface area contributed by atoms with Gasteiger partial charge in [0.15, 0.2) is 0 Å². The van der Waals surface area contributed by atoms with Crippen LogP contribution in [0, 0.1) is 5.41 Å². The van der Waals surface area contributed by atoms with E-state index in [1.54, 1.807) is 36.5 Å². The van der Waals surface area contributed by atoms with Gasteiger partial charge < -0.3 is 16.0 Å². The van der Waals surface area contributed by atoms with Gasteiger partial charge in [0.25, 0.3) is 0 Å². The van der Waals surface area contributed by atoms with Crippen LogP contribution < -0.4 is 16.0 Å². The van der Waals surface area contributed by atoms with Gasteiger partial charge in [-0.05, 0) is 49.2 Å². The van der Waals surface area contributed by atoms with E-state index in [0.29, 0.717) is 30.8 Å². The quantitative estimate of drug-likeness (QED) is 0.693. The Hall–Kier alpha value is -3.22. The highest BCUT2D eigenvalue weighted by Gasteiger charge is 2.56. The molecule has 0 bridgehead atoms. The van der Waals surface area contributed by atoms with Gasteiger partial charge in [0.05, 0.1) is 12.2 Å². The van der Waals surface area contributed by atoms with Crippen molar-refractivity contribution in [2.45, 2.75) is 26.3 Å². The molecule has 3 N–H and O–H groups in total. The second-order valence-corrected chi connectivity index (χ2v) is 6.30. The molecule has 0 radical (unpaired) electrons. The smallest absolute Gasteiger partial charge is 0.240 e. The molecule has 1 saturated carbocycles. The molecular formula is C19H20N4O3. The van der Waals surface area contributed by atoms with Gasteiger partial charge in [-0.1, -0.05) is 6.07 Å². The van der Waals surface area contributed by atoms with Crippen LogP contribution >= 0.6 is 0 Å². The molecule has 0 atom stereocenters. The van der Waals surface area contributed by atoms with Crippen molar-refractivity contribution in [2.24, 2.45) is 5.41 Å². The molecule has 7 heteroatoms. The predicted molar refractivity (Wildman–Crippen MR) is 97.1 cm³/mol. The summed E-state index contributed by atoms with van der Waals surface area (Å²) >= 11 is 0. The SMILES string of the molecule is CC(=O)Nc1ccc(NC(=O)C2(C(=O)NCc3ccccn3)CC2)cc1. The summed E-state index contributed by atoms with van der Waals surface area (Å²) in [5, 5.41) is 8.22. The first kappa shape index (κ1) is 17.6. The van der Waals surface area contributed by atoms with E-state index in [0.717, 1.165) is 5.69 Å². The highest BCUT2D eigenvalue weighted by Crippen LogP contribution is 2.46. The second kappa shape index (κ2) is 7.35. The zero-order valence-electron chi connectivity index (χ0n) is 14.4. The van der Waals surface area contributed by atoms with E-state index >= 15 is 0 Å². The number of benzene rings is 1. The number of nitrogens with one attached hydrogen (secondary N) is 3. The summed E-state index contributed by atoms with van der Waals surface area (Å²) in [6.07, 6.45) is 2.71. The lowest BCUT2D eigenvalue weighted by Crippen LogP contribution is -2.39. The topological polar surface area (TPSA) is 100 Å². The molecule has 3 rings (SSSR count). The first-order valence-electron chi connectivity index (χ1n) is 8.37. The average molecular weight is 352 g/mol. The van der Waals surface area contributed by atoms with E-state index in [1.165, 1.54) is 6.92 Å². The van der Waals surface area contributed by atoms with Crippen LogP contribution in [0.3, 0.4) is 0 Å². The summed E-state index contributed by atoms with van der Waals surface area (Å²) in [6.45, 7) is 1.72. The lowest BCUT2D eigenvalue weighted by atomic mass is 10.0. The van der Waals surface area contributed by atoms with Crippen LogP contribution in [0.5, 0.6) is 0 Å². The summed E-state index contributed by atoms with van der Waals surface area (Å²) < 4.78 is 0. The molecule has 1 heterocycles. The predicted octanol–water partition coefficient (Wildman–Crippen LogP) is 2.08. The molecule has 26 heavy (non-hydrogen) atoms. The van der Waals surface area contributed by atoms with Gasteiger partial charge in [0.1, 0.15) is 5.41 Å². The van der Waals surface area contributed by atoms with Crippen molar-refractivity contribution >= 4 is 29.1 Å². The van der Waals surface area contributed by atoms with E-state index < -0.39 is 5.41 Å². The highest BCUT2D eigenvalue weighted by atomic mass is 16.2. The molecule has 0 unspecified atom stereocenters. The fraction of sp³-hybridized carbons (Fsp3) is 0.263. The van der Waals surface area contributed by atoms with Crippen LogP contribution in [0.25, 0.3) is 0 Å². The second-order valence-electron chi connectivity index (χ2n) is 6.30. The molecule has 1 aliphatic carbocycles. The number of carbonyl (C=O) groups excluding carboxylic acids is 3. The van der Waals surface area contributed by atoms with E-state index in [4.69, 9.17) is 0 Å². The number of nitrogens with zero attached hydrogens (tertiary/aromatic N) is 1. The van der Waals surface area contributed by atoms with Crippen LogP contribution in [-0.4, -0.2) is 22.7 Å². The van der Waals surface area contributed by atoms with Crippen molar-refractivity contribution in [3.63, 3.8) is 0 Å². The molecule has 1 aromatic carbocycles. The van der Waals surface area contributed by atoms with Crippen LogP contribution in [0.2, 0.25) is 0 Å². The van der Waals surface area contributed by atoms with Gasteiger partial charge >= 0.3 is 0 Å². The first-order chi connectivity index (χ1) is 12.5. The Labute approximate surface area is 151 Å². The maximum Gasteiger partial charge on any atom is 0.240 e. The monoisotopic (exact) mass is 352 g/mol. The van der Waals surface area contributed by atoms with Gasteiger partial charge in [-0.25, -0.2) is 0 Å². The van der Waals surface area contributed by atoms with Gasteiger partial charge in [0.2, 0.25) is 17.7 Å². The van der Waals surface area contributed by atoms with Crippen LogP contribution in [0.1, 0.15) is 25.5 Å². The molecule has 2 aromatic rings. The largest absolute Gasteiger partial charge is 0.350 e. The third-order valence-corrected chi connectivity index (χ3v) is 4.24. The Morgan fingerprint density at radius 3 is 2.15 bits per heavy atom. The van der Waals surface area contributed by atoms with Crippen molar-refractivity contribution < 1.29 is 14.4 Å². The van der Waals surface area contributed by atoms with Crippen LogP contribution in [0.4, 0.5) is 11.4 Å². The minimum absolute atomic E-state index is 0.164. The summed E-state index contributed by atoms with van der Waals surface area (Å²) in [4.78, 5) is 40.2.